The number of carbonyl (C=O) groups is 1. The van der Waals surface area contributed by atoms with Crippen LogP contribution in [0.15, 0.2) is 52.0 Å². The molecule has 1 amide bonds. The molecule has 2 rings (SSSR count). The number of sulfone groups is 1. The Morgan fingerprint density at radius 2 is 1.89 bits per heavy atom. The molecule has 0 aliphatic rings. The quantitative estimate of drug-likeness (QED) is 0.659. The number of rotatable bonds is 8. The second kappa shape index (κ2) is 8.84. The Morgan fingerprint density at radius 1 is 1.22 bits per heavy atom. The molecular formula is C19H23BrN2O4S. The van der Waals surface area contributed by atoms with E-state index < -0.39 is 20.5 Å². The van der Waals surface area contributed by atoms with Crippen LogP contribution in [0.1, 0.15) is 32.8 Å². The van der Waals surface area contributed by atoms with Crippen LogP contribution < -0.4 is 10.1 Å². The number of ether oxygens (including phenoxy) is 1. The molecule has 1 aromatic carbocycles. The number of hydrogen-bond acceptors (Lipinski definition) is 5. The normalized spacial score (nSPS) is 11.9. The number of hydrogen-bond donors (Lipinski definition) is 1. The molecule has 0 saturated heterocycles. The third kappa shape index (κ3) is 4.87. The Kier molecular flexibility index (Phi) is 7.00. The summed E-state index contributed by atoms with van der Waals surface area (Å²) in [7, 11) is -3.86. The van der Waals surface area contributed by atoms with Gasteiger partial charge in [-0.25, -0.2) is 13.4 Å². The van der Waals surface area contributed by atoms with Crippen LogP contribution in [0.4, 0.5) is 0 Å². The first-order valence-corrected chi connectivity index (χ1v) is 10.8. The summed E-state index contributed by atoms with van der Waals surface area (Å²) in [4.78, 5) is 17.0. The van der Waals surface area contributed by atoms with Crippen LogP contribution >= 0.6 is 15.9 Å². The fourth-order valence-corrected chi connectivity index (χ4v) is 3.97. The summed E-state index contributed by atoms with van der Waals surface area (Å²) in [6.45, 7) is 5.43. The van der Waals surface area contributed by atoms with Crippen molar-refractivity contribution in [3.63, 3.8) is 0 Å². The molecule has 0 unspecified atom stereocenters. The summed E-state index contributed by atoms with van der Waals surface area (Å²) in [6.07, 6.45) is 2.44. The van der Waals surface area contributed by atoms with E-state index in [4.69, 9.17) is 4.74 Å². The van der Waals surface area contributed by atoms with Crippen molar-refractivity contribution in [3.8, 4) is 5.88 Å². The van der Waals surface area contributed by atoms with Crippen molar-refractivity contribution in [1.82, 2.24) is 10.3 Å². The van der Waals surface area contributed by atoms with E-state index in [1.165, 1.54) is 26.0 Å². The lowest BCUT2D eigenvalue weighted by Crippen LogP contribution is -2.47. The van der Waals surface area contributed by atoms with Gasteiger partial charge in [0.2, 0.25) is 11.8 Å². The van der Waals surface area contributed by atoms with Gasteiger partial charge in [-0.15, -0.1) is 0 Å². The van der Waals surface area contributed by atoms with E-state index in [-0.39, 0.29) is 11.4 Å². The van der Waals surface area contributed by atoms with Gasteiger partial charge in [0.25, 0.3) is 0 Å². The molecule has 1 heterocycles. The summed E-state index contributed by atoms with van der Waals surface area (Å²) in [5.41, 5.74) is 0.691. The molecular weight excluding hydrogens is 432 g/mol. The van der Waals surface area contributed by atoms with Crippen molar-refractivity contribution in [2.45, 2.75) is 43.4 Å². The predicted molar refractivity (Wildman–Crippen MR) is 107 cm³/mol. The SMILES string of the molecule is CCCOc1ncccc1CNC(=O)C(C)(C)S(=O)(=O)c1ccc(Br)cc1. The number of nitrogens with zero attached hydrogens (tertiary/aromatic N) is 1. The average molecular weight is 455 g/mol. The summed E-state index contributed by atoms with van der Waals surface area (Å²) in [5.74, 6) is -0.149. The number of benzene rings is 1. The fraction of sp³-hybridized carbons (Fsp3) is 0.368. The van der Waals surface area contributed by atoms with Crippen molar-refractivity contribution in [2.24, 2.45) is 0 Å². The molecule has 0 atom stereocenters. The van der Waals surface area contributed by atoms with Crippen LogP contribution in [0.5, 0.6) is 5.88 Å². The van der Waals surface area contributed by atoms with Crippen LogP contribution in [0, 0.1) is 0 Å². The first kappa shape index (κ1) is 21.4. The number of halogens is 1. The largest absolute Gasteiger partial charge is 0.477 e. The van der Waals surface area contributed by atoms with Gasteiger partial charge in [0.05, 0.1) is 11.5 Å². The Hall–Kier alpha value is -1.93. The Bertz CT molecular complexity index is 896. The lowest BCUT2D eigenvalue weighted by atomic mass is 10.2. The molecule has 8 heteroatoms. The van der Waals surface area contributed by atoms with Crippen molar-refractivity contribution in [1.29, 1.82) is 0 Å². The first-order chi connectivity index (χ1) is 12.7. The highest BCUT2D eigenvalue weighted by Crippen LogP contribution is 2.27. The van der Waals surface area contributed by atoms with Crippen molar-refractivity contribution >= 4 is 31.7 Å². The molecule has 2 aromatic rings. The third-order valence-corrected chi connectivity index (χ3v) is 7.03. The van der Waals surface area contributed by atoms with E-state index in [0.717, 1.165) is 10.9 Å². The number of nitrogens with one attached hydrogen (secondary N) is 1. The standard InChI is InChI=1S/C19H23BrN2O4S/c1-4-12-26-17-14(6-5-11-21-17)13-22-18(23)19(2,3)27(24,25)16-9-7-15(20)8-10-16/h5-11H,4,12-13H2,1-3H3,(H,22,23). The summed E-state index contributed by atoms with van der Waals surface area (Å²) in [5, 5.41) is 2.70. The zero-order valence-corrected chi connectivity index (χ0v) is 17.9. The molecule has 27 heavy (non-hydrogen) atoms. The van der Waals surface area contributed by atoms with Gasteiger partial charge in [0, 0.05) is 22.8 Å². The predicted octanol–water partition coefficient (Wildman–Crippen LogP) is 3.50. The first-order valence-electron chi connectivity index (χ1n) is 8.55. The molecule has 0 fully saturated rings. The van der Waals surface area contributed by atoms with Crippen LogP contribution in [0.25, 0.3) is 0 Å². The molecule has 0 spiro atoms. The number of pyridine rings is 1. The second-order valence-corrected chi connectivity index (χ2v) is 9.88. The minimum atomic E-state index is -3.86. The van der Waals surface area contributed by atoms with Gasteiger partial charge in [-0.05, 0) is 50.6 Å². The molecule has 0 saturated carbocycles. The van der Waals surface area contributed by atoms with E-state index >= 15 is 0 Å². The van der Waals surface area contributed by atoms with Crippen LogP contribution in [0.2, 0.25) is 0 Å². The van der Waals surface area contributed by atoms with E-state index in [9.17, 15) is 13.2 Å². The molecule has 146 valence electrons. The van der Waals surface area contributed by atoms with E-state index in [1.807, 2.05) is 6.92 Å². The second-order valence-electron chi connectivity index (χ2n) is 6.47. The van der Waals surface area contributed by atoms with Gasteiger partial charge >= 0.3 is 0 Å². The maximum absolute atomic E-state index is 12.9. The number of carbonyl (C=O) groups excluding carboxylic acids is 1. The zero-order valence-electron chi connectivity index (χ0n) is 15.5. The van der Waals surface area contributed by atoms with Crippen molar-refractivity contribution in [3.05, 3.63) is 52.6 Å². The number of aromatic nitrogens is 1. The molecule has 1 aromatic heterocycles. The topological polar surface area (TPSA) is 85.4 Å². The molecule has 0 aliphatic heterocycles. The molecule has 1 N–H and O–H groups in total. The number of amides is 1. The maximum Gasteiger partial charge on any atom is 0.241 e. The van der Waals surface area contributed by atoms with Gasteiger partial charge in [-0.2, -0.15) is 0 Å². The maximum atomic E-state index is 12.9. The Balaban J connectivity index is 2.16. The van der Waals surface area contributed by atoms with Gasteiger partial charge in [-0.1, -0.05) is 28.9 Å². The summed E-state index contributed by atoms with van der Waals surface area (Å²) < 4.78 is 30.5. The highest BCUT2D eigenvalue weighted by Gasteiger charge is 2.42. The van der Waals surface area contributed by atoms with Crippen molar-refractivity contribution < 1.29 is 17.9 Å². The molecule has 0 radical (unpaired) electrons. The van der Waals surface area contributed by atoms with Crippen LogP contribution in [0.3, 0.4) is 0 Å². The summed E-state index contributed by atoms with van der Waals surface area (Å²) in [6, 6.07) is 9.75. The van der Waals surface area contributed by atoms with Gasteiger partial charge in [0.1, 0.15) is 4.75 Å². The fourth-order valence-electron chi connectivity index (χ4n) is 2.31. The molecule has 6 nitrogen and oxygen atoms in total. The lowest BCUT2D eigenvalue weighted by molar-refractivity contribution is -0.123. The Morgan fingerprint density at radius 3 is 2.52 bits per heavy atom. The van der Waals surface area contributed by atoms with Gasteiger partial charge < -0.3 is 10.1 Å². The van der Waals surface area contributed by atoms with E-state index in [1.54, 1.807) is 30.5 Å². The van der Waals surface area contributed by atoms with Crippen LogP contribution in [-0.2, 0) is 21.2 Å². The Labute approximate surface area is 168 Å². The monoisotopic (exact) mass is 454 g/mol. The summed E-state index contributed by atoms with van der Waals surface area (Å²) >= 11 is 3.28. The lowest BCUT2D eigenvalue weighted by Gasteiger charge is -2.24. The van der Waals surface area contributed by atoms with Gasteiger partial charge in [0.15, 0.2) is 9.84 Å². The van der Waals surface area contributed by atoms with Crippen LogP contribution in [-0.4, -0.2) is 30.7 Å². The minimum Gasteiger partial charge on any atom is -0.477 e. The highest BCUT2D eigenvalue weighted by molar-refractivity contribution is 9.10. The van der Waals surface area contributed by atoms with E-state index in [0.29, 0.717) is 18.1 Å². The van der Waals surface area contributed by atoms with Crippen molar-refractivity contribution in [2.75, 3.05) is 6.61 Å². The zero-order chi connectivity index (χ0) is 20.1. The van der Waals surface area contributed by atoms with E-state index in [2.05, 4.69) is 26.2 Å². The van der Waals surface area contributed by atoms with Gasteiger partial charge in [-0.3, -0.25) is 4.79 Å². The average Bonchev–Trinajstić information content (AvgIpc) is 2.65. The smallest absolute Gasteiger partial charge is 0.241 e. The molecule has 0 bridgehead atoms. The third-order valence-electron chi connectivity index (χ3n) is 4.07. The minimum absolute atomic E-state index is 0.0965. The highest BCUT2D eigenvalue weighted by atomic mass is 79.9. The molecule has 0 aliphatic carbocycles.